The number of nitrogens with two attached hydrogens (primary N) is 1. The van der Waals surface area contributed by atoms with Gasteiger partial charge < -0.3 is 25.6 Å². The Labute approximate surface area is 345 Å². The molecule has 7 heterocycles. The van der Waals surface area contributed by atoms with Gasteiger partial charge in [-0.1, -0.05) is 18.2 Å². The molecular weight excluding hydrogens is 770 g/mol. The fourth-order valence-corrected chi connectivity index (χ4v) is 8.98. The summed E-state index contributed by atoms with van der Waals surface area (Å²) in [4.78, 5) is 70.1. The largest absolute Gasteiger partial charge is 0.457 e. The van der Waals surface area contributed by atoms with Crippen LogP contribution >= 0.6 is 0 Å². The van der Waals surface area contributed by atoms with E-state index in [1.807, 2.05) is 36.4 Å². The van der Waals surface area contributed by atoms with E-state index in [9.17, 15) is 19.2 Å². The normalized spacial score (nSPS) is 22.1. The Morgan fingerprint density at radius 1 is 0.867 bits per heavy atom. The van der Waals surface area contributed by atoms with Crippen LogP contribution in [0.15, 0.2) is 84.0 Å². The van der Waals surface area contributed by atoms with Crippen molar-refractivity contribution in [2.45, 2.75) is 62.8 Å². The van der Waals surface area contributed by atoms with Crippen LogP contribution in [0.1, 0.15) is 55.1 Å². The lowest BCUT2D eigenvalue weighted by Crippen LogP contribution is -2.61. The number of nitrogen functional groups attached to an aromatic ring is 1. The van der Waals surface area contributed by atoms with Crippen LogP contribution in [0, 0.1) is 5.92 Å². The third-order valence-electron chi connectivity index (χ3n) is 12.4. The number of piperidine rings is 3. The number of hydrogen-bond acceptors (Lipinski definition) is 12. The molecule has 60 heavy (non-hydrogen) atoms. The molecule has 0 radical (unpaired) electrons. The van der Waals surface area contributed by atoms with Gasteiger partial charge in [0.1, 0.15) is 41.3 Å². The van der Waals surface area contributed by atoms with Crippen molar-refractivity contribution in [2.24, 2.45) is 5.92 Å². The van der Waals surface area contributed by atoms with Crippen LogP contribution in [0.5, 0.6) is 11.5 Å². The Hall–Kier alpha value is -6.20. The number of rotatable bonds is 11. The van der Waals surface area contributed by atoms with Crippen LogP contribution in [0.2, 0.25) is 0 Å². The number of para-hydroxylation sites is 1. The second kappa shape index (κ2) is 16.8. The molecule has 9 rings (SSSR count). The highest BCUT2D eigenvalue weighted by Gasteiger charge is 2.37. The van der Waals surface area contributed by atoms with Crippen LogP contribution in [-0.4, -0.2) is 116 Å². The van der Waals surface area contributed by atoms with Crippen molar-refractivity contribution in [2.75, 3.05) is 56.4 Å². The average molecular weight is 818 g/mol. The number of fused-ring (bicyclic) bond motifs is 1. The monoisotopic (exact) mass is 817 g/mol. The molecule has 4 N–H and O–H groups in total. The molecule has 5 aromatic rings. The number of imidazole rings is 1. The predicted octanol–water partition coefficient (Wildman–Crippen LogP) is 3.46. The SMILES string of the molecule is Nc1ncnc2c1n(-c1ccc(Oc3ccccc3)cc1)c(=O)n2[C@@H]1CCN(CCC2CCN(C3CN(c4ccc(C(=O)NC5CCC(=O)NC5=O)nc4)C3)CC2)C[C@@H]1F. The van der Waals surface area contributed by atoms with Crippen LogP contribution in [0.25, 0.3) is 16.9 Å². The third kappa shape index (κ3) is 8.06. The zero-order chi connectivity index (χ0) is 41.3. The van der Waals surface area contributed by atoms with Gasteiger partial charge in [-0.15, -0.1) is 0 Å². The summed E-state index contributed by atoms with van der Waals surface area (Å²) in [6.07, 6.45) is 5.88. The van der Waals surface area contributed by atoms with E-state index in [2.05, 4.69) is 40.3 Å². The smallest absolute Gasteiger partial charge is 0.335 e. The van der Waals surface area contributed by atoms with E-state index in [-0.39, 0.29) is 36.8 Å². The van der Waals surface area contributed by atoms with E-state index in [1.165, 1.54) is 15.5 Å². The maximum absolute atomic E-state index is 16.2. The molecule has 312 valence electrons. The lowest BCUT2D eigenvalue weighted by atomic mass is 9.91. The number of alkyl halides is 1. The maximum Gasteiger partial charge on any atom is 0.335 e. The summed E-state index contributed by atoms with van der Waals surface area (Å²) < 4.78 is 25.1. The highest BCUT2D eigenvalue weighted by Crippen LogP contribution is 2.32. The third-order valence-corrected chi connectivity index (χ3v) is 12.4. The van der Waals surface area contributed by atoms with Crippen molar-refractivity contribution >= 4 is 40.4 Å². The van der Waals surface area contributed by atoms with Gasteiger partial charge >= 0.3 is 5.69 Å². The van der Waals surface area contributed by atoms with Crippen LogP contribution in [-0.2, 0) is 9.59 Å². The van der Waals surface area contributed by atoms with Crippen molar-refractivity contribution < 1.29 is 23.5 Å². The number of halogens is 1. The minimum absolute atomic E-state index is 0.148. The first-order chi connectivity index (χ1) is 29.2. The molecule has 16 nitrogen and oxygen atoms in total. The number of amides is 3. The number of pyridine rings is 1. The van der Waals surface area contributed by atoms with E-state index >= 15 is 4.39 Å². The molecular formula is C43H48FN11O5. The average Bonchev–Trinajstić information content (AvgIpc) is 3.54. The lowest BCUT2D eigenvalue weighted by Gasteiger charge is -2.48. The van der Waals surface area contributed by atoms with Crippen molar-refractivity contribution in [1.29, 1.82) is 0 Å². The number of ether oxygens (including phenoxy) is 1. The highest BCUT2D eigenvalue weighted by molar-refractivity contribution is 6.03. The predicted molar refractivity (Wildman–Crippen MR) is 222 cm³/mol. The summed E-state index contributed by atoms with van der Waals surface area (Å²) in [6.45, 7) is 5.55. The quantitative estimate of drug-likeness (QED) is 0.165. The van der Waals surface area contributed by atoms with Crippen molar-refractivity contribution in [3.8, 4) is 17.2 Å². The second-order valence-corrected chi connectivity index (χ2v) is 16.2. The number of carbonyl (C=O) groups is 3. The van der Waals surface area contributed by atoms with Crippen LogP contribution in [0.4, 0.5) is 15.9 Å². The first-order valence-corrected chi connectivity index (χ1v) is 20.7. The van der Waals surface area contributed by atoms with Gasteiger partial charge in [-0.2, -0.15) is 0 Å². The van der Waals surface area contributed by atoms with Gasteiger partial charge in [-0.05, 0) is 106 Å². The molecule has 0 saturated carbocycles. The van der Waals surface area contributed by atoms with E-state index < -0.39 is 35.8 Å². The fraction of sp³-hybridized carbons (Fsp3) is 0.419. The molecule has 0 bridgehead atoms. The summed E-state index contributed by atoms with van der Waals surface area (Å²) in [6, 6.07) is 19.1. The summed E-state index contributed by atoms with van der Waals surface area (Å²) >= 11 is 0. The summed E-state index contributed by atoms with van der Waals surface area (Å²) in [5.74, 6) is 0.756. The number of anilines is 2. The van der Waals surface area contributed by atoms with Gasteiger partial charge in [0.05, 0.1) is 23.6 Å². The van der Waals surface area contributed by atoms with Gasteiger partial charge in [0, 0.05) is 38.6 Å². The molecule has 4 fully saturated rings. The van der Waals surface area contributed by atoms with Crippen molar-refractivity contribution in [1.82, 2.24) is 44.5 Å². The molecule has 0 spiro atoms. The number of benzene rings is 2. The number of hydrogen-bond donors (Lipinski definition) is 3. The minimum Gasteiger partial charge on any atom is -0.457 e. The standard InChI is InChI=1S/C43H48FN11O5/c44-33-25-51(19-17-36(33)55-40-38(39(45)47-26-48-40)54(43(55)59)28-6-9-32(10-7-28)60-31-4-2-1-3-5-31)18-14-27-15-20-52(21-16-27)30-23-53(24-30)29-8-11-34(46-22-29)41(57)49-35-12-13-37(56)50-42(35)58/h1-11,22,26-27,30,33,35-36H,12-21,23-25H2,(H,49,57)(H2,45,47,48)(H,50,56,58)/t33-,35?,36+/m0/s1. The van der Waals surface area contributed by atoms with E-state index in [4.69, 9.17) is 10.5 Å². The molecule has 0 aliphatic carbocycles. The van der Waals surface area contributed by atoms with E-state index in [0.717, 1.165) is 57.7 Å². The Kier molecular flexibility index (Phi) is 11.0. The van der Waals surface area contributed by atoms with Gasteiger partial charge in [0.15, 0.2) is 11.5 Å². The number of likely N-dealkylation sites (tertiary alicyclic amines) is 2. The molecule has 2 aromatic carbocycles. The lowest BCUT2D eigenvalue weighted by molar-refractivity contribution is -0.134. The Morgan fingerprint density at radius 2 is 1.62 bits per heavy atom. The zero-order valence-corrected chi connectivity index (χ0v) is 33.2. The second-order valence-electron chi connectivity index (χ2n) is 16.2. The Bertz CT molecular complexity index is 2410. The Morgan fingerprint density at radius 3 is 2.33 bits per heavy atom. The first-order valence-electron chi connectivity index (χ1n) is 20.7. The molecule has 3 atom stereocenters. The number of nitrogens with one attached hydrogen (secondary N) is 2. The van der Waals surface area contributed by atoms with E-state index in [0.29, 0.717) is 53.3 Å². The van der Waals surface area contributed by atoms with E-state index in [1.54, 1.807) is 36.5 Å². The topological polar surface area (TPSA) is 186 Å². The minimum atomic E-state index is -1.27. The molecule has 3 aromatic heterocycles. The molecule has 4 aliphatic rings. The van der Waals surface area contributed by atoms with Gasteiger partial charge in [-0.3, -0.25) is 33.7 Å². The molecule has 17 heteroatoms. The van der Waals surface area contributed by atoms with Gasteiger partial charge in [0.25, 0.3) is 5.91 Å². The molecule has 4 aliphatic heterocycles. The fourth-order valence-electron chi connectivity index (χ4n) is 8.98. The van der Waals surface area contributed by atoms with Crippen LogP contribution < -0.4 is 31.7 Å². The summed E-state index contributed by atoms with van der Waals surface area (Å²) in [5, 5.41) is 4.91. The molecule has 4 saturated heterocycles. The zero-order valence-electron chi connectivity index (χ0n) is 33.2. The number of carbonyl (C=O) groups excluding carboxylic acids is 3. The molecule has 1 unspecified atom stereocenters. The Balaban J connectivity index is 0.743. The number of aromatic nitrogens is 5. The van der Waals surface area contributed by atoms with Gasteiger partial charge in [-0.25, -0.2) is 24.1 Å². The summed E-state index contributed by atoms with van der Waals surface area (Å²) in [5.41, 5.74) is 8.33. The maximum atomic E-state index is 16.2. The van der Waals surface area contributed by atoms with Crippen LogP contribution in [0.3, 0.4) is 0 Å². The first kappa shape index (κ1) is 39.3. The van der Waals surface area contributed by atoms with Crippen molar-refractivity contribution in [3.05, 3.63) is 95.4 Å². The summed E-state index contributed by atoms with van der Waals surface area (Å²) in [7, 11) is 0. The number of imide groups is 1. The highest BCUT2D eigenvalue weighted by atomic mass is 19.1. The van der Waals surface area contributed by atoms with Gasteiger partial charge in [0.2, 0.25) is 11.8 Å². The van der Waals surface area contributed by atoms with Crippen molar-refractivity contribution in [3.63, 3.8) is 0 Å². The molecule has 3 amide bonds. The number of nitrogens with zero attached hydrogens (tertiary/aromatic N) is 8.